The molecular weight excluding hydrogens is 327 g/mol. The van der Waals surface area contributed by atoms with Gasteiger partial charge in [-0.1, -0.05) is 35.5 Å². The van der Waals surface area contributed by atoms with E-state index >= 15 is 0 Å². The molecule has 1 aliphatic carbocycles. The van der Waals surface area contributed by atoms with E-state index in [-0.39, 0.29) is 18.9 Å². The Bertz CT molecular complexity index is 618. The highest BCUT2D eigenvalue weighted by Gasteiger charge is 2.55. The van der Waals surface area contributed by atoms with E-state index < -0.39 is 10.4 Å². The van der Waals surface area contributed by atoms with Crippen LogP contribution in [0.25, 0.3) is 0 Å². The molecule has 0 amide bonds. The number of halogens is 2. The third kappa shape index (κ3) is 3.98. The van der Waals surface area contributed by atoms with E-state index in [9.17, 15) is 5.11 Å². The summed E-state index contributed by atoms with van der Waals surface area (Å²) in [5, 5.41) is 13.8. The number of alkyl halides is 2. The second-order valence-corrected chi connectivity index (χ2v) is 6.97. The summed E-state index contributed by atoms with van der Waals surface area (Å²) in [6, 6.07) is 9.77. The van der Waals surface area contributed by atoms with Crippen molar-refractivity contribution in [1.82, 2.24) is 10.1 Å². The molecule has 2 aromatic rings. The monoisotopic (exact) mass is 342 g/mol. The van der Waals surface area contributed by atoms with E-state index in [0.29, 0.717) is 24.7 Å². The lowest BCUT2D eigenvalue weighted by molar-refractivity contribution is 0.0253. The van der Waals surface area contributed by atoms with Crippen LogP contribution >= 0.6 is 23.2 Å². The Hall–Kier alpha value is -1.14. The Morgan fingerprint density at radius 2 is 2.09 bits per heavy atom. The van der Waals surface area contributed by atoms with Gasteiger partial charge in [0.05, 0.1) is 31.7 Å². The summed E-state index contributed by atoms with van der Waals surface area (Å²) in [6.07, 6.45) is 0.164. The number of aliphatic hydroxyl groups excluding tert-OH is 1. The fraction of sp³-hybridized carbons (Fsp3) is 0.467. The van der Waals surface area contributed by atoms with Crippen molar-refractivity contribution in [2.75, 3.05) is 6.61 Å². The van der Waals surface area contributed by atoms with Gasteiger partial charge in [-0.3, -0.25) is 0 Å². The van der Waals surface area contributed by atoms with Gasteiger partial charge in [0.1, 0.15) is 4.33 Å². The van der Waals surface area contributed by atoms with Crippen LogP contribution in [-0.2, 0) is 17.8 Å². The quantitative estimate of drug-likeness (QED) is 0.783. The second kappa shape index (κ2) is 6.54. The van der Waals surface area contributed by atoms with Crippen LogP contribution in [-0.4, -0.2) is 32.3 Å². The molecule has 3 rings (SSSR count). The smallest absolute Gasteiger partial charge is 0.229 e. The van der Waals surface area contributed by atoms with Crippen LogP contribution in [0.1, 0.15) is 29.6 Å². The van der Waals surface area contributed by atoms with Gasteiger partial charge in [-0.25, -0.2) is 0 Å². The minimum absolute atomic E-state index is 0.0835. The standard InChI is InChI=1S/C15H16Cl2N2O3/c16-15(17)7-12(15)14-18-13(22-19-14)6-11(20)9-21-8-10-4-2-1-3-5-10/h1-5,11-12,20H,6-9H2. The summed E-state index contributed by atoms with van der Waals surface area (Å²) in [7, 11) is 0. The molecule has 1 aromatic heterocycles. The second-order valence-electron chi connectivity index (χ2n) is 5.42. The molecule has 1 aliphatic rings. The van der Waals surface area contributed by atoms with Gasteiger partial charge in [0.2, 0.25) is 5.89 Å². The van der Waals surface area contributed by atoms with Crippen LogP contribution in [0.3, 0.4) is 0 Å². The Labute approximate surface area is 138 Å². The lowest BCUT2D eigenvalue weighted by atomic mass is 10.2. The highest BCUT2D eigenvalue weighted by molar-refractivity contribution is 6.51. The van der Waals surface area contributed by atoms with Gasteiger partial charge in [0, 0.05) is 0 Å². The maximum Gasteiger partial charge on any atom is 0.229 e. The molecule has 118 valence electrons. The highest BCUT2D eigenvalue weighted by Crippen LogP contribution is 2.58. The average molecular weight is 343 g/mol. The summed E-state index contributed by atoms with van der Waals surface area (Å²) in [4.78, 5) is 4.21. The maximum atomic E-state index is 9.94. The van der Waals surface area contributed by atoms with Crippen molar-refractivity contribution in [2.45, 2.75) is 35.8 Å². The molecule has 22 heavy (non-hydrogen) atoms. The van der Waals surface area contributed by atoms with Crippen molar-refractivity contribution in [1.29, 1.82) is 0 Å². The Kier molecular flexibility index (Phi) is 4.68. The summed E-state index contributed by atoms with van der Waals surface area (Å²) in [6.45, 7) is 0.654. The number of hydrogen-bond donors (Lipinski definition) is 1. The van der Waals surface area contributed by atoms with E-state index in [2.05, 4.69) is 10.1 Å². The third-order valence-corrected chi connectivity index (χ3v) is 4.29. The number of aliphatic hydroxyl groups is 1. The zero-order valence-electron chi connectivity index (χ0n) is 11.8. The zero-order chi connectivity index (χ0) is 15.6. The molecule has 0 aliphatic heterocycles. The Balaban J connectivity index is 1.43. The summed E-state index contributed by atoms with van der Waals surface area (Å²) in [5.41, 5.74) is 1.06. The lowest BCUT2D eigenvalue weighted by Crippen LogP contribution is -2.18. The van der Waals surface area contributed by atoms with Crippen LogP contribution < -0.4 is 0 Å². The van der Waals surface area contributed by atoms with Gasteiger partial charge in [-0.15, -0.1) is 23.2 Å². The molecule has 0 radical (unpaired) electrons. The molecule has 5 nitrogen and oxygen atoms in total. The van der Waals surface area contributed by atoms with E-state index in [0.717, 1.165) is 5.56 Å². The first-order valence-corrected chi connectivity index (χ1v) is 7.80. The molecule has 1 heterocycles. The summed E-state index contributed by atoms with van der Waals surface area (Å²) < 4.78 is 9.79. The van der Waals surface area contributed by atoms with Crippen molar-refractivity contribution in [3.8, 4) is 0 Å². The first kappa shape index (κ1) is 15.7. The molecule has 0 spiro atoms. The molecule has 1 saturated carbocycles. The van der Waals surface area contributed by atoms with Crippen molar-refractivity contribution >= 4 is 23.2 Å². The zero-order valence-corrected chi connectivity index (χ0v) is 13.3. The van der Waals surface area contributed by atoms with Crippen LogP contribution in [0.2, 0.25) is 0 Å². The van der Waals surface area contributed by atoms with E-state index in [4.69, 9.17) is 32.5 Å². The summed E-state index contributed by atoms with van der Waals surface area (Å²) in [5.74, 6) is 0.777. The minimum atomic E-state index is -0.779. The van der Waals surface area contributed by atoms with E-state index in [1.165, 1.54) is 0 Å². The molecule has 1 fully saturated rings. The summed E-state index contributed by atoms with van der Waals surface area (Å²) >= 11 is 11.9. The molecule has 0 bridgehead atoms. The fourth-order valence-corrected chi connectivity index (χ4v) is 2.64. The van der Waals surface area contributed by atoms with Crippen molar-refractivity contribution < 1.29 is 14.4 Å². The Morgan fingerprint density at radius 1 is 1.36 bits per heavy atom. The van der Waals surface area contributed by atoms with Gasteiger partial charge in [-0.05, 0) is 12.0 Å². The van der Waals surface area contributed by atoms with E-state index in [1.807, 2.05) is 30.3 Å². The SMILES string of the molecule is OC(COCc1ccccc1)Cc1nc(C2CC2(Cl)Cl)no1. The number of ether oxygens (including phenoxy) is 1. The molecule has 2 atom stereocenters. The first-order valence-electron chi connectivity index (χ1n) is 7.04. The van der Waals surface area contributed by atoms with Crippen LogP contribution in [0, 0.1) is 0 Å². The topological polar surface area (TPSA) is 68.4 Å². The first-order chi connectivity index (χ1) is 10.5. The third-order valence-electron chi connectivity index (χ3n) is 3.45. The van der Waals surface area contributed by atoms with Gasteiger partial charge < -0.3 is 14.4 Å². The predicted octanol–water partition coefficient (Wildman–Crippen LogP) is 2.85. The predicted molar refractivity (Wildman–Crippen MR) is 81.9 cm³/mol. The number of rotatable bonds is 7. The number of hydrogen-bond acceptors (Lipinski definition) is 5. The molecule has 0 saturated heterocycles. The average Bonchev–Trinajstić information content (AvgIpc) is 2.92. The molecule has 2 unspecified atom stereocenters. The largest absolute Gasteiger partial charge is 0.390 e. The number of nitrogens with zero attached hydrogens (tertiary/aromatic N) is 2. The van der Waals surface area contributed by atoms with Crippen LogP contribution in [0.5, 0.6) is 0 Å². The van der Waals surface area contributed by atoms with E-state index in [1.54, 1.807) is 0 Å². The van der Waals surface area contributed by atoms with Crippen LogP contribution in [0.4, 0.5) is 0 Å². The normalized spacial score (nSPS) is 20.8. The van der Waals surface area contributed by atoms with Gasteiger partial charge in [-0.2, -0.15) is 4.98 Å². The van der Waals surface area contributed by atoms with Gasteiger partial charge >= 0.3 is 0 Å². The van der Waals surface area contributed by atoms with Gasteiger partial charge in [0.25, 0.3) is 0 Å². The Morgan fingerprint density at radius 3 is 2.77 bits per heavy atom. The number of benzene rings is 1. The van der Waals surface area contributed by atoms with Gasteiger partial charge in [0.15, 0.2) is 5.82 Å². The van der Waals surface area contributed by atoms with Crippen LogP contribution in [0.15, 0.2) is 34.9 Å². The fourth-order valence-electron chi connectivity index (χ4n) is 2.13. The molecular formula is C15H16Cl2N2O3. The molecule has 7 heteroatoms. The van der Waals surface area contributed by atoms with Crippen molar-refractivity contribution in [3.63, 3.8) is 0 Å². The number of aromatic nitrogens is 2. The maximum absolute atomic E-state index is 9.94. The minimum Gasteiger partial charge on any atom is -0.390 e. The van der Waals surface area contributed by atoms with Crippen molar-refractivity contribution in [2.24, 2.45) is 0 Å². The lowest BCUT2D eigenvalue weighted by Gasteiger charge is -2.09. The molecule has 1 aromatic carbocycles. The highest BCUT2D eigenvalue weighted by atomic mass is 35.5. The molecule has 1 N–H and O–H groups in total. The van der Waals surface area contributed by atoms with Crippen molar-refractivity contribution in [3.05, 3.63) is 47.6 Å².